The highest BCUT2D eigenvalue weighted by atomic mass is 15.2. The summed E-state index contributed by atoms with van der Waals surface area (Å²) in [6, 6.07) is 11.7. The van der Waals surface area contributed by atoms with E-state index in [0.29, 0.717) is 17.9 Å². The average molecular weight is 408 g/mol. The molecule has 2 rings (SSSR count). The van der Waals surface area contributed by atoms with Gasteiger partial charge in [0.25, 0.3) is 0 Å². The smallest absolute Gasteiger partial charge is 0.152 e. The zero-order valence-corrected chi connectivity index (χ0v) is 18.0. The Hall–Kier alpha value is -3.22. The lowest BCUT2D eigenvalue weighted by atomic mass is 10.0. The van der Waals surface area contributed by atoms with E-state index in [2.05, 4.69) is 28.9 Å². The number of amidine groups is 3. The van der Waals surface area contributed by atoms with Crippen LogP contribution in [0.15, 0.2) is 57.7 Å². The maximum Gasteiger partial charge on any atom is 0.152 e. The molecule has 0 saturated carbocycles. The minimum absolute atomic E-state index is 0.255. The van der Waals surface area contributed by atoms with Gasteiger partial charge in [0.15, 0.2) is 5.84 Å². The molecular weight excluding hydrogens is 374 g/mol. The van der Waals surface area contributed by atoms with E-state index in [1.165, 1.54) is 0 Å². The monoisotopic (exact) mass is 407 g/mol. The first kappa shape index (κ1) is 23.1. The topological polar surface area (TPSA) is 128 Å². The molecule has 0 amide bonds. The van der Waals surface area contributed by atoms with E-state index in [4.69, 9.17) is 22.3 Å². The first-order valence-corrected chi connectivity index (χ1v) is 10.5. The van der Waals surface area contributed by atoms with Crippen LogP contribution in [0.25, 0.3) is 11.3 Å². The molecule has 0 bridgehead atoms. The summed E-state index contributed by atoms with van der Waals surface area (Å²) in [4.78, 5) is 13.7. The van der Waals surface area contributed by atoms with E-state index < -0.39 is 0 Å². The largest absolute Gasteiger partial charge is 0.387 e. The summed E-state index contributed by atoms with van der Waals surface area (Å²) >= 11 is 0. The van der Waals surface area contributed by atoms with Crippen molar-refractivity contribution in [2.75, 3.05) is 0 Å². The summed E-state index contributed by atoms with van der Waals surface area (Å²) < 4.78 is 0. The number of hydrogen-bond acceptors (Lipinski definition) is 4. The highest BCUT2D eigenvalue weighted by Gasteiger charge is 2.09. The fourth-order valence-electron chi connectivity index (χ4n) is 2.95. The van der Waals surface area contributed by atoms with E-state index in [1.807, 2.05) is 36.4 Å². The second-order valence-electron chi connectivity index (χ2n) is 7.15. The highest BCUT2D eigenvalue weighted by molar-refractivity contribution is 6.02. The Bertz CT molecular complexity index is 883. The second-order valence-corrected chi connectivity index (χ2v) is 7.15. The summed E-state index contributed by atoms with van der Waals surface area (Å²) in [7, 11) is 0. The minimum Gasteiger partial charge on any atom is -0.387 e. The second kappa shape index (κ2) is 12.4. The molecule has 30 heavy (non-hydrogen) atoms. The van der Waals surface area contributed by atoms with Crippen molar-refractivity contribution in [3.8, 4) is 11.3 Å². The van der Waals surface area contributed by atoms with Crippen LogP contribution in [-0.4, -0.2) is 22.5 Å². The normalized spacial score (nSPS) is 12.9. The number of rotatable bonds is 10. The first-order valence-electron chi connectivity index (χ1n) is 10.5. The van der Waals surface area contributed by atoms with Gasteiger partial charge in [0.1, 0.15) is 11.7 Å². The summed E-state index contributed by atoms with van der Waals surface area (Å²) in [5, 5.41) is 3.59. The summed E-state index contributed by atoms with van der Waals surface area (Å²) in [6.45, 7) is 4.87. The van der Waals surface area contributed by atoms with Crippen LogP contribution in [0.5, 0.6) is 0 Å². The number of aromatic nitrogens is 1. The van der Waals surface area contributed by atoms with Gasteiger partial charge in [-0.2, -0.15) is 5.10 Å². The van der Waals surface area contributed by atoms with Gasteiger partial charge in [0.05, 0.1) is 12.2 Å². The maximum atomic E-state index is 6.07. The Morgan fingerprint density at radius 2 is 1.67 bits per heavy atom. The van der Waals surface area contributed by atoms with Crippen molar-refractivity contribution in [2.24, 2.45) is 32.4 Å². The Morgan fingerprint density at radius 1 is 0.967 bits per heavy atom. The molecule has 0 fully saturated rings. The van der Waals surface area contributed by atoms with Crippen molar-refractivity contribution in [1.82, 2.24) is 4.98 Å². The molecule has 1 aromatic carbocycles. The van der Waals surface area contributed by atoms with Crippen LogP contribution in [0.1, 0.15) is 63.5 Å². The Balaban J connectivity index is 2.17. The molecule has 2 aromatic rings. The van der Waals surface area contributed by atoms with Crippen LogP contribution in [0.2, 0.25) is 0 Å². The molecule has 0 atom stereocenters. The molecule has 0 aliphatic rings. The Morgan fingerprint density at radius 3 is 2.33 bits per heavy atom. The maximum absolute atomic E-state index is 6.07. The molecule has 6 N–H and O–H groups in total. The Kier molecular flexibility index (Phi) is 9.51. The average Bonchev–Trinajstić information content (AvgIpc) is 2.79. The van der Waals surface area contributed by atoms with Gasteiger partial charge in [-0.25, -0.2) is 4.99 Å². The van der Waals surface area contributed by atoms with E-state index in [1.54, 1.807) is 6.20 Å². The van der Waals surface area contributed by atoms with Crippen molar-refractivity contribution < 1.29 is 0 Å². The predicted molar refractivity (Wildman–Crippen MR) is 126 cm³/mol. The first-order chi connectivity index (χ1) is 14.6. The lowest BCUT2D eigenvalue weighted by Gasteiger charge is -2.08. The molecular formula is C23H33N7. The molecule has 1 aromatic heterocycles. The van der Waals surface area contributed by atoms with Crippen LogP contribution in [0.3, 0.4) is 0 Å². The zero-order valence-electron chi connectivity index (χ0n) is 18.0. The molecule has 0 aliphatic carbocycles. The summed E-state index contributed by atoms with van der Waals surface area (Å²) in [5.41, 5.74) is 15.5. The molecule has 1 heterocycles. The molecule has 7 heteroatoms. The third-order valence-corrected chi connectivity index (χ3v) is 4.71. The van der Waals surface area contributed by atoms with Crippen molar-refractivity contribution in [1.29, 1.82) is 0 Å². The number of hydrazone groups is 1. The predicted octanol–water partition coefficient (Wildman–Crippen LogP) is 3.96. The lowest BCUT2D eigenvalue weighted by Crippen LogP contribution is -2.17. The third kappa shape index (κ3) is 6.99. The number of pyridine rings is 1. The van der Waals surface area contributed by atoms with Crippen LogP contribution >= 0.6 is 0 Å². The number of hydrogen-bond donors (Lipinski definition) is 3. The van der Waals surface area contributed by atoms with Crippen LogP contribution in [-0.2, 0) is 6.54 Å². The molecule has 0 radical (unpaired) electrons. The number of benzene rings is 1. The number of aliphatic imine (C=N–C) groups is 2. The number of nitrogens with two attached hydrogens (primary N) is 3. The van der Waals surface area contributed by atoms with Gasteiger partial charge in [-0.15, -0.1) is 0 Å². The van der Waals surface area contributed by atoms with E-state index in [0.717, 1.165) is 61.2 Å². The van der Waals surface area contributed by atoms with Gasteiger partial charge in [-0.05, 0) is 30.5 Å². The molecule has 0 saturated heterocycles. The standard InChI is InChI=1S/C23H33N7/c1-3-5-9-20(24)29-21(10-6-4-2)28-16-17-11-13-18(14-12-17)22-19(23(25)30-26)8-7-15-27-22/h7-8,11-15H,3-6,9-10,16,26H2,1-2H3,(H2,25,30)(H2,24,28,29). The van der Waals surface area contributed by atoms with Gasteiger partial charge >= 0.3 is 0 Å². The molecule has 0 aliphatic heterocycles. The fraction of sp³-hybridized carbons (Fsp3) is 0.391. The van der Waals surface area contributed by atoms with E-state index in [9.17, 15) is 0 Å². The van der Waals surface area contributed by atoms with Gasteiger partial charge < -0.3 is 17.3 Å². The van der Waals surface area contributed by atoms with Gasteiger partial charge in [-0.3, -0.25) is 9.98 Å². The van der Waals surface area contributed by atoms with Crippen LogP contribution in [0, 0.1) is 0 Å². The van der Waals surface area contributed by atoms with Gasteiger partial charge in [0.2, 0.25) is 0 Å². The lowest BCUT2D eigenvalue weighted by molar-refractivity contribution is 0.819. The van der Waals surface area contributed by atoms with E-state index >= 15 is 0 Å². The van der Waals surface area contributed by atoms with Crippen LogP contribution in [0.4, 0.5) is 0 Å². The molecule has 160 valence electrons. The SMILES string of the molecule is CCCCC(N)=NC(CCCC)=NCc1ccc(-c2ncccc2/C(N)=N/N)cc1. The molecule has 0 unspecified atom stereocenters. The van der Waals surface area contributed by atoms with Crippen LogP contribution < -0.4 is 17.3 Å². The Labute approximate surface area is 179 Å². The van der Waals surface area contributed by atoms with Gasteiger partial charge in [-0.1, -0.05) is 51.0 Å². The van der Waals surface area contributed by atoms with Crippen molar-refractivity contribution in [3.63, 3.8) is 0 Å². The zero-order chi connectivity index (χ0) is 21.8. The highest BCUT2D eigenvalue weighted by Crippen LogP contribution is 2.22. The summed E-state index contributed by atoms with van der Waals surface area (Å²) in [6.07, 6.45) is 7.68. The summed E-state index contributed by atoms with van der Waals surface area (Å²) in [5.74, 6) is 7.09. The van der Waals surface area contributed by atoms with Crippen molar-refractivity contribution >= 4 is 17.5 Å². The number of nitrogens with zero attached hydrogens (tertiary/aromatic N) is 4. The van der Waals surface area contributed by atoms with Gasteiger partial charge in [0, 0.05) is 30.2 Å². The van der Waals surface area contributed by atoms with Crippen molar-refractivity contribution in [2.45, 2.75) is 58.9 Å². The molecule has 0 spiro atoms. The quantitative estimate of drug-likeness (QED) is 0.238. The fourth-order valence-corrected chi connectivity index (χ4v) is 2.95. The molecule has 7 nitrogen and oxygen atoms in total. The van der Waals surface area contributed by atoms with Crippen molar-refractivity contribution in [3.05, 3.63) is 53.7 Å². The van der Waals surface area contributed by atoms with E-state index in [-0.39, 0.29) is 5.84 Å². The minimum atomic E-state index is 0.255. The number of unbranched alkanes of at least 4 members (excludes halogenated alkanes) is 2. The third-order valence-electron chi connectivity index (χ3n) is 4.71.